The second-order valence-corrected chi connectivity index (χ2v) is 6.44. The van der Waals surface area contributed by atoms with Crippen molar-refractivity contribution >= 4 is 33.4 Å². The van der Waals surface area contributed by atoms with Crippen LogP contribution in [-0.4, -0.2) is 22.5 Å². The van der Waals surface area contributed by atoms with Crippen molar-refractivity contribution in [2.75, 3.05) is 11.5 Å². The predicted molar refractivity (Wildman–Crippen MR) is 78.0 cm³/mol. The smallest absolute Gasteiger partial charge is 0.273 e. The molecular weight excluding hydrogens is 316 g/mol. The minimum Gasteiger partial charge on any atom is -0.310 e. The van der Waals surface area contributed by atoms with Crippen LogP contribution in [0.4, 0.5) is 5.69 Å². The molecule has 0 spiro atoms. The Labute approximate surface area is 119 Å². The Kier molecular flexibility index (Phi) is 5.03. The van der Waals surface area contributed by atoms with Gasteiger partial charge in [-0.05, 0) is 36.5 Å². The molecule has 1 aliphatic heterocycles. The Balaban J connectivity index is 2.03. The van der Waals surface area contributed by atoms with Gasteiger partial charge < -0.3 is 5.32 Å². The third-order valence-electron chi connectivity index (χ3n) is 3.04. The molecule has 0 atom stereocenters. The molecule has 0 radical (unpaired) electrons. The molecule has 1 saturated heterocycles. The van der Waals surface area contributed by atoms with Crippen molar-refractivity contribution in [3.63, 3.8) is 0 Å². The summed E-state index contributed by atoms with van der Waals surface area (Å²) in [5.74, 6) is 2.36. The summed E-state index contributed by atoms with van der Waals surface area (Å²) in [5, 5.41) is 14.4. The molecule has 18 heavy (non-hydrogen) atoms. The largest absolute Gasteiger partial charge is 0.310 e. The summed E-state index contributed by atoms with van der Waals surface area (Å²) < 4.78 is 0.879. The summed E-state index contributed by atoms with van der Waals surface area (Å²) >= 11 is 5.33. The number of hydrogen-bond donors (Lipinski definition) is 1. The molecule has 1 heterocycles. The van der Waals surface area contributed by atoms with Crippen molar-refractivity contribution in [3.05, 3.63) is 38.3 Å². The van der Waals surface area contributed by atoms with Gasteiger partial charge in [0.15, 0.2) is 0 Å². The highest BCUT2D eigenvalue weighted by atomic mass is 79.9. The van der Waals surface area contributed by atoms with Crippen molar-refractivity contribution in [1.29, 1.82) is 0 Å². The molecule has 1 aromatic carbocycles. The van der Waals surface area contributed by atoms with E-state index in [0.717, 1.165) is 22.9 Å². The first kappa shape index (κ1) is 13.8. The maximum atomic E-state index is 10.9. The molecule has 4 nitrogen and oxygen atoms in total. The van der Waals surface area contributed by atoms with Gasteiger partial charge in [-0.3, -0.25) is 10.1 Å². The predicted octanol–water partition coefficient (Wildman–Crippen LogP) is 3.34. The topological polar surface area (TPSA) is 55.2 Å². The van der Waals surface area contributed by atoms with Crippen molar-refractivity contribution in [1.82, 2.24) is 5.32 Å². The minimum absolute atomic E-state index is 0.191. The fourth-order valence-electron chi connectivity index (χ4n) is 2.03. The van der Waals surface area contributed by atoms with Crippen LogP contribution in [0.5, 0.6) is 0 Å². The molecule has 0 saturated carbocycles. The van der Waals surface area contributed by atoms with Gasteiger partial charge in [-0.1, -0.05) is 15.9 Å². The van der Waals surface area contributed by atoms with Crippen LogP contribution in [0.2, 0.25) is 0 Å². The first-order valence-electron chi connectivity index (χ1n) is 5.91. The first-order chi connectivity index (χ1) is 8.66. The number of thioether (sulfide) groups is 1. The average molecular weight is 331 g/mol. The normalized spacial score (nSPS) is 16.7. The molecule has 2 rings (SSSR count). The molecule has 1 N–H and O–H groups in total. The van der Waals surface area contributed by atoms with Crippen LogP contribution in [0.25, 0.3) is 0 Å². The lowest BCUT2D eigenvalue weighted by molar-refractivity contribution is -0.385. The summed E-state index contributed by atoms with van der Waals surface area (Å²) in [6.45, 7) is 0.561. The second kappa shape index (κ2) is 6.54. The number of halogens is 1. The quantitative estimate of drug-likeness (QED) is 0.679. The van der Waals surface area contributed by atoms with E-state index in [4.69, 9.17) is 0 Å². The zero-order valence-corrected chi connectivity index (χ0v) is 12.3. The zero-order valence-electron chi connectivity index (χ0n) is 9.89. The third-order valence-corrected chi connectivity index (χ3v) is 4.58. The molecule has 0 amide bonds. The van der Waals surface area contributed by atoms with Gasteiger partial charge in [-0.25, -0.2) is 0 Å². The Bertz CT molecular complexity index is 436. The number of nitro groups is 1. The molecule has 0 aliphatic carbocycles. The molecule has 1 aliphatic rings. The van der Waals surface area contributed by atoms with E-state index in [9.17, 15) is 10.1 Å². The van der Waals surface area contributed by atoms with E-state index in [0.29, 0.717) is 12.6 Å². The summed E-state index contributed by atoms with van der Waals surface area (Å²) in [4.78, 5) is 10.6. The summed E-state index contributed by atoms with van der Waals surface area (Å²) in [6.07, 6.45) is 2.29. The maximum absolute atomic E-state index is 10.9. The third kappa shape index (κ3) is 3.70. The number of rotatable bonds is 4. The second-order valence-electron chi connectivity index (χ2n) is 4.30. The Morgan fingerprint density at radius 2 is 2.17 bits per heavy atom. The van der Waals surface area contributed by atoms with Gasteiger partial charge in [0.1, 0.15) is 0 Å². The number of nitro benzene ring substituents is 1. The highest BCUT2D eigenvalue weighted by Crippen LogP contribution is 2.24. The van der Waals surface area contributed by atoms with Gasteiger partial charge in [0.25, 0.3) is 5.69 Å². The number of nitrogens with zero attached hydrogens (tertiary/aromatic N) is 1. The maximum Gasteiger partial charge on any atom is 0.273 e. The number of benzene rings is 1. The minimum atomic E-state index is -0.319. The van der Waals surface area contributed by atoms with Crippen LogP contribution in [0.3, 0.4) is 0 Å². The van der Waals surface area contributed by atoms with E-state index < -0.39 is 0 Å². The average Bonchev–Trinajstić information content (AvgIpc) is 2.37. The lowest BCUT2D eigenvalue weighted by atomic mass is 10.1. The van der Waals surface area contributed by atoms with Gasteiger partial charge in [-0.2, -0.15) is 11.8 Å². The van der Waals surface area contributed by atoms with Gasteiger partial charge in [-0.15, -0.1) is 0 Å². The standard InChI is InChI=1S/C12H15BrN2O2S/c13-10-1-2-12(15(16)17)9(7-10)8-14-11-3-5-18-6-4-11/h1-2,7,11,14H,3-6,8H2. The summed E-state index contributed by atoms with van der Waals surface area (Å²) in [7, 11) is 0. The van der Waals surface area contributed by atoms with E-state index in [1.807, 2.05) is 17.8 Å². The molecule has 1 aromatic rings. The van der Waals surface area contributed by atoms with E-state index in [1.54, 1.807) is 12.1 Å². The zero-order chi connectivity index (χ0) is 13.0. The molecule has 98 valence electrons. The van der Waals surface area contributed by atoms with Crippen LogP contribution in [-0.2, 0) is 6.54 Å². The van der Waals surface area contributed by atoms with E-state index in [1.165, 1.54) is 11.5 Å². The van der Waals surface area contributed by atoms with Crippen LogP contribution in [0.1, 0.15) is 18.4 Å². The molecule has 0 aromatic heterocycles. The lowest BCUT2D eigenvalue weighted by Crippen LogP contribution is -2.32. The monoisotopic (exact) mass is 330 g/mol. The molecular formula is C12H15BrN2O2S. The van der Waals surface area contributed by atoms with Crippen LogP contribution in [0.15, 0.2) is 22.7 Å². The summed E-state index contributed by atoms with van der Waals surface area (Å²) in [6, 6.07) is 5.57. The van der Waals surface area contributed by atoms with Crippen molar-refractivity contribution in [2.45, 2.75) is 25.4 Å². The van der Waals surface area contributed by atoms with Crippen LogP contribution >= 0.6 is 27.7 Å². The SMILES string of the molecule is O=[N+]([O-])c1ccc(Br)cc1CNC1CCSCC1. The van der Waals surface area contributed by atoms with Gasteiger partial charge in [0, 0.05) is 28.7 Å². The summed E-state index contributed by atoms with van der Waals surface area (Å²) in [5.41, 5.74) is 0.934. The van der Waals surface area contributed by atoms with Crippen LogP contribution < -0.4 is 5.32 Å². The molecule has 0 unspecified atom stereocenters. The fourth-order valence-corrected chi connectivity index (χ4v) is 3.54. The molecule has 1 fully saturated rings. The Morgan fingerprint density at radius 1 is 1.44 bits per heavy atom. The number of nitrogens with one attached hydrogen (secondary N) is 1. The van der Waals surface area contributed by atoms with Gasteiger partial charge in [0.05, 0.1) is 4.92 Å². The van der Waals surface area contributed by atoms with Crippen molar-refractivity contribution < 1.29 is 4.92 Å². The fraction of sp³-hybridized carbons (Fsp3) is 0.500. The molecule has 6 heteroatoms. The van der Waals surface area contributed by atoms with E-state index in [2.05, 4.69) is 21.2 Å². The highest BCUT2D eigenvalue weighted by molar-refractivity contribution is 9.10. The van der Waals surface area contributed by atoms with Crippen LogP contribution in [0, 0.1) is 10.1 Å². The number of hydrogen-bond acceptors (Lipinski definition) is 4. The van der Waals surface area contributed by atoms with E-state index >= 15 is 0 Å². The van der Waals surface area contributed by atoms with E-state index in [-0.39, 0.29) is 10.6 Å². The van der Waals surface area contributed by atoms with Gasteiger partial charge in [0.2, 0.25) is 0 Å². The lowest BCUT2D eigenvalue weighted by Gasteiger charge is -2.22. The first-order valence-corrected chi connectivity index (χ1v) is 7.85. The molecule has 0 bridgehead atoms. The van der Waals surface area contributed by atoms with Crippen molar-refractivity contribution in [2.24, 2.45) is 0 Å². The Hall–Kier alpha value is -0.590. The van der Waals surface area contributed by atoms with Crippen molar-refractivity contribution in [3.8, 4) is 0 Å². The highest BCUT2D eigenvalue weighted by Gasteiger charge is 2.17. The van der Waals surface area contributed by atoms with Gasteiger partial charge >= 0.3 is 0 Å². The Morgan fingerprint density at radius 3 is 2.83 bits per heavy atom.